The SMILES string of the molecule is CCNC(=O)Nc1nc2cc(-c3cccnc3)cc(-c3csc(=O)[nH]3)c2s1.CCNC(=O)Nc1nc2cc(-c3cccnc3)cc(-c3csc(OC)n3)c2s1. The highest BCUT2D eigenvalue weighted by Gasteiger charge is 2.18. The van der Waals surface area contributed by atoms with Crippen molar-refractivity contribution in [1.82, 2.24) is 40.5 Å². The summed E-state index contributed by atoms with van der Waals surface area (Å²) in [7, 11) is 1.60. The molecule has 0 fully saturated rings. The molecule has 0 aliphatic heterocycles. The summed E-state index contributed by atoms with van der Waals surface area (Å²) in [5.74, 6) is 0. The van der Waals surface area contributed by atoms with E-state index in [0.29, 0.717) is 28.5 Å². The van der Waals surface area contributed by atoms with Gasteiger partial charge in [0.25, 0.3) is 5.19 Å². The van der Waals surface area contributed by atoms with E-state index >= 15 is 0 Å². The fourth-order valence-electron chi connectivity index (χ4n) is 5.45. The van der Waals surface area contributed by atoms with Crippen LogP contribution in [0.5, 0.6) is 5.19 Å². The number of carbonyl (C=O) groups is 2. The smallest absolute Gasteiger partial charge is 0.321 e. The fraction of sp³-hybridized carbons (Fsp3) is 0.135. The molecule has 0 radical (unpaired) electrons. The summed E-state index contributed by atoms with van der Waals surface area (Å²) < 4.78 is 7.09. The molecule has 0 spiro atoms. The number of aromatic nitrogens is 6. The first-order chi connectivity index (χ1) is 26.8. The highest BCUT2D eigenvalue weighted by Crippen LogP contribution is 2.40. The van der Waals surface area contributed by atoms with E-state index in [-0.39, 0.29) is 16.9 Å². The number of pyridine rings is 2. The molecule has 0 unspecified atom stereocenters. The molecule has 0 bridgehead atoms. The van der Waals surface area contributed by atoms with Crippen LogP contribution in [0.1, 0.15) is 13.8 Å². The molecule has 8 aromatic rings. The number of thiazole rings is 4. The Morgan fingerprint density at radius 2 is 1.29 bits per heavy atom. The molecular formula is C37H32N10O4S4. The topological polar surface area (TPSA) is 189 Å². The maximum atomic E-state index is 11.9. The first kappa shape index (κ1) is 37.2. The van der Waals surface area contributed by atoms with Crippen molar-refractivity contribution in [2.24, 2.45) is 0 Å². The van der Waals surface area contributed by atoms with Crippen LogP contribution in [0.4, 0.5) is 19.9 Å². The number of aromatic amines is 1. The molecule has 8 rings (SSSR count). The Kier molecular flexibility index (Phi) is 11.5. The zero-order valence-corrected chi connectivity index (χ0v) is 32.8. The van der Waals surface area contributed by atoms with Gasteiger partial charge >= 0.3 is 16.9 Å². The van der Waals surface area contributed by atoms with E-state index < -0.39 is 0 Å². The Hall–Kier alpha value is -6.08. The average Bonchev–Trinajstić information content (AvgIpc) is 4.01. The minimum atomic E-state index is -0.297. The van der Waals surface area contributed by atoms with Crippen molar-refractivity contribution in [3.05, 3.63) is 93.7 Å². The number of benzene rings is 2. The second kappa shape index (κ2) is 16.9. The third kappa shape index (κ3) is 8.68. The van der Waals surface area contributed by atoms with Crippen LogP contribution in [-0.4, -0.2) is 62.2 Å². The quantitative estimate of drug-likeness (QED) is 0.0952. The number of anilines is 2. The number of amides is 4. The van der Waals surface area contributed by atoms with Crippen molar-refractivity contribution in [3.8, 4) is 50.0 Å². The van der Waals surface area contributed by atoms with Gasteiger partial charge in [0, 0.05) is 70.9 Å². The summed E-state index contributed by atoms with van der Waals surface area (Å²) in [5, 5.41) is 16.3. The van der Waals surface area contributed by atoms with Crippen molar-refractivity contribution in [2.75, 3.05) is 30.8 Å². The molecule has 55 heavy (non-hydrogen) atoms. The highest BCUT2D eigenvalue weighted by molar-refractivity contribution is 7.23. The molecule has 14 nitrogen and oxygen atoms in total. The number of carbonyl (C=O) groups excluding carboxylic acids is 2. The molecule has 0 saturated carbocycles. The molecule has 6 aromatic heterocycles. The van der Waals surface area contributed by atoms with Gasteiger partial charge in [-0.1, -0.05) is 57.5 Å². The summed E-state index contributed by atoms with van der Waals surface area (Å²) in [6, 6.07) is 15.2. The molecule has 18 heteroatoms. The van der Waals surface area contributed by atoms with Gasteiger partial charge in [0.05, 0.1) is 38.9 Å². The standard InChI is InChI=1S/C19H17N5O2S2.C18H15N5O2S2/c1-3-21-17(25)24-18-22-14-8-12(11-5-4-6-20-9-11)7-13(16(14)28-18)15-10-27-19(23-15)26-2;1-2-20-16(24)23-17-21-13-7-11(10-4-3-5-19-8-10)6-12(15(13)27-17)14-9-26-18(25)22-14/h4-10H,3H2,1-2H3,(H2,21,22,24,25);3-9H,2H2,1H3,(H,22,25)(H2,20,21,23,24). The van der Waals surface area contributed by atoms with Crippen molar-refractivity contribution >= 4 is 88.1 Å². The van der Waals surface area contributed by atoms with Crippen LogP contribution >= 0.6 is 45.3 Å². The van der Waals surface area contributed by atoms with Gasteiger partial charge in [0.15, 0.2) is 10.3 Å². The Morgan fingerprint density at radius 1 is 0.727 bits per heavy atom. The second-order valence-electron chi connectivity index (χ2n) is 11.5. The number of hydrogen-bond donors (Lipinski definition) is 5. The second-order valence-corrected chi connectivity index (χ2v) is 15.2. The number of rotatable bonds is 9. The molecule has 0 aliphatic carbocycles. The van der Waals surface area contributed by atoms with E-state index in [1.165, 1.54) is 34.0 Å². The first-order valence-electron chi connectivity index (χ1n) is 16.8. The third-order valence-electron chi connectivity index (χ3n) is 7.83. The molecule has 6 heterocycles. The number of nitrogens with one attached hydrogen (secondary N) is 5. The van der Waals surface area contributed by atoms with Crippen molar-refractivity contribution in [3.63, 3.8) is 0 Å². The number of hydrogen-bond acceptors (Lipinski definition) is 13. The summed E-state index contributed by atoms with van der Waals surface area (Å²) in [4.78, 5) is 60.2. The van der Waals surface area contributed by atoms with E-state index in [4.69, 9.17) is 4.74 Å². The number of urea groups is 2. The van der Waals surface area contributed by atoms with E-state index in [9.17, 15) is 14.4 Å². The summed E-state index contributed by atoms with van der Waals surface area (Å²) in [6.45, 7) is 4.80. The lowest BCUT2D eigenvalue weighted by atomic mass is 10.0. The zero-order chi connectivity index (χ0) is 38.3. The Bertz CT molecular complexity index is 2650. The van der Waals surface area contributed by atoms with E-state index in [0.717, 1.165) is 76.5 Å². The van der Waals surface area contributed by atoms with E-state index in [1.807, 2.05) is 67.9 Å². The predicted octanol–water partition coefficient (Wildman–Crippen LogP) is 8.55. The molecule has 0 atom stereocenters. The number of ether oxygens (including phenoxy) is 1. The molecule has 2 aromatic carbocycles. The normalized spacial score (nSPS) is 10.8. The Balaban J connectivity index is 0.000000169. The minimum Gasteiger partial charge on any atom is -0.473 e. The monoisotopic (exact) mass is 808 g/mol. The van der Waals surface area contributed by atoms with Crippen molar-refractivity contribution in [1.29, 1.82) is 0 Å². The van der Waals surface area contributed by atoms with Crippen molar-refractivity contribution in [2.45, 2.75) is 13.8 Å². The maximum absolute atomic E-state index is 11.9. The van der Waals surface area contributed by atoms with Crippen LogP contribution in [0, 0.1) is 0 Å². The van der Waals surface area contributed by atoms with Gasteiger partial charge in [-0.15, -0.1) is 0 Å². The number of fused-ring (bicyclic) bond motifs is 2. The van der Waals surface area contributed by atoms with Gasteiger partial charge in [-0.3, -0.25) is 25.4 Å². The van der Waals surface area contributed by atoms with Crippen LogP contribution in [-0.2, 0) is 0 Å². The summed E-state index contributed by atoms with van der Waals surface area (Å²) in [6.07, 6.45) is 7.05. The molecule has 4 amide bonds. The summed E-state index contributed by atoms with van der Waals surface area (Å²) >= 11 is 5.34. The zero-order valence-electron chi connectivity index (χ0n) is 29.5. The number of H-pyrrole nitrogens is 1. The Labute approximate surface area is 329 Å². The lowest BCUT2D eigenvalue weighted by Crippen LogP contribution is -2.28. The van der Waals surface area contributed by atoms with Crippen LogP contribution < -0.4 is 30.9 Å². The third-order valence-corrected chi connectivity index (χ3v) is 11.3. The summed E-state index contributed by atoms with van der Waals surface area (Å²) in [5.41, 5.74) is 8.74. The van der Waals surface area contributed by atoms with E-state index in [2.05, 4.69) is 57.2 Å². The number of nitrogens with zero attached hydrogens (tertiary/aromatic N) is 5. The largest absolute Gasteiger partial charge is 0.473 e. The molecule has 0 aliphatic rings. The van der Waals surface area contributed by atoms with E-state index in [1.54, 1.807) is 31.1 Å². The first-order valence-corrected chi connectivity index (χ1v) is 20.2. The van der Waals surface area contributed by atoms with Crippen LogP contribution in [0.3, 0.4) is 0 Å². The molecule has 278 valence electrons. The fourth-order valence-corrected chi connectivity index (χ4v) is 8.61. The lowest BCUT2D eigenvalue weighted by Gasteiger charge is -2.05. The minimum absolute atomic E-state index is 0.116. The van der Waals surface area contributed by atoms with Gasteiger partial charge in [-0.25, -0.2) is 24.5 Å². The van der Waals surface area contributed by atoms with Crippen LogP contribution in [0.15, 0.2) is 88.9 Å². The lowest BCUT2D eigenvalue weighted by molar-refractivity contribution is 0.251. The van der Waals surface area contributed by atoms with Crippen LogP contribution in [0.25, 0.3) is 65.2 Å². The van der Waals surface area contributed by atoms with Crippen molar-refractivity contribution < 1.29 is 14.3 Å². The molecule has 0 saturated heterocycles. The highest BCUT2D eigenvalue weighted by atomic mass is 32.1. The Morgan fingerprint density at radius 3 is 1.76 bits per heavy atom. The average molecular weight is 809 g/mol. The van der Waals surface area contributed by atoms with Gasteiger partial charge in [0.2, 0.25) is 0 Å². The maximum Gasteiger partial charge on any atom is 0.321 e. The van der Waals surface area contributed by atoms with Crippen LogP contribution in [0.2, 0.25) is 0 Å². The van der Waals surface area contributed by atoms with Gasteiger partial charge in [0.1, 0.15) is 0 Å². The predicted molar refractivity (Wildman–Crippen MR) is 223 cm³/mol. The van der Waals surface area contributed by atoms with Gasteiger partial charge < -0.3 is 20.4 Å². The molecule has 5 N–H and O–H groups in total. The number of methoxy groups -OCH3 is 1. The van der Waals surface area contributed by atoms with Gasteiger partial charge in [-0.2, -0.15) is 0 Å². The molecular weight excluding hydrogens is 777 g/mol. The van der Waals surface area contributed by atoms with Gasteiger partial charge in [-0.05, 0) is 61.4 Å².